The second-order valence-corrected chi connectivity index (χ2v) is 2.54. The molecule has 0 aromatic heterocycles. The number of amidine groups is 1. The third-order valence-electron chi connectivity index (χ3n) is 1.69. The van der Waals surface area contributed by atoms with Crippen molar-refractivity contribution in [2.75, 3.05) is 13.6 Å². The van der Waals surface area contributed by atoms with Gasteiger partial charge in [0.2, 0.25) is 0 Å². The van der Waals surface area contributed by atoms with Gasteiger partial charge in [-0.2, -0.15) is 4.99 Å². The highest BCUT2D eigenvalue weighted by Crippen LogP contribution is 2.08. The van der Waals surface area contributed by atoms with Crippen LogP contribution in [0.4, 0.5) is 4.79 Å². The van der Waals surface area contributed by atoms with E-state index in [0.717, 1.165) is 0 Å². The van der Waals surface area contributed by atoms with E-state index >= 15 is 0 Å². The van der Waals surface area contributed by atoms with E-state index in [1.807, 2.05) is 0 Å². The first-order valence-electron chi connectivity index (χ1n) is 3.37. The lowest BCUT2D eigenvalue weighted by Gasteiger charge is -2.24. The van der Waals surface area contributed by atoms with Crippen molar-refractivity contribution in [3.05, 3.63) is 12.7 Å². The number of urea groups is 1. The van der Waals surface area contributed by atoms with Crippen molar-refractivity contribution in [1.29, 1.82) is 0 Å². The quantitative estimate of drug-likeness (QED) is 0.547. The lowest BCUT2D eigenvalue weighted by atomic mass is 10.1. The zero-order valence-corrected chi connectivity index (χ0v) is 6.45. The average molecular weight is 153 g/mol. The normalized spacial score (nSPS) is 24.8. The van der Waals surface area contributed by atoms with Crippen molar-refractivity contribution in [1.82, 2.24) is 4.90 Å². The minimum absolute atomic E-state index is 0.0118. The Morgan fingerprint density at radius 1 is 1.91 bits per heavy atom. The summed E-state index contributed by atoms with van der Waals surface area (Å²) in [7, 11) is 1.69. The number of rotatable bonds is 1. The molecule has 4 heteroatoms. The maximum Gasteiger partial charge on any atom is 0.344 e. The lowest BCUT2D eigenvalue weighted by Crippen LogP contribution is -2.41. The third kappa shape index (κ3) is 1.39. The van der Waals surface area contributed by atoms with Crippen LogP contribution >= 0.6 is 0 Å². The summed E-state index contributed by atoms with van der Waals surface area (Å²) in [5, 5.41) is 0. The van der Waals surface area contributed by atoms with Crippen LogP contribution in [0.2, 0.25) is 0 Å². The summed E-state index contributed by atoms with van der Waals surface area (Å²) < 4.78 is 0. The Morgan fingerprint density at radius 3 is 3.09 bits per heavy atom. The Kier molecular flexibility index (Phi) is 1.94. The number of amides is 2. The van der Waals surface area contributed by atoms with Crippen molar-refractivity contribution in [2.45, 2.75) is 0 Å². The van der Waals surface area contributed by atoms with Gasteiger partial charge in [-0.3, -0.25) is 0 Å². The minimum atomic E-state index is -0.277. The van der Waals surface area contributed by atoms with E-state index in [-0.39, 0.29) is 11.9 Å². The molecule has 0 aliphatic carbocycles. The van der Waals surface area contributed by atoms with E-state index in [9.17, 15) is 4.79 Å². The van der Waals surface area contributed by atoms with Crippen LogP contribution in [0.3, 0.4) is 0 Å². The molecule has 2 N–H and O–H groups in total. The molecule has 0 spiro atoms. The number of hydrogen-bond acceptors (Lipinski definition) is 2. The fraction of sp³-hybridized carbons (Fsp3) is 0.429. The van der Waals surface area contributed by atoms with E-state index in [1.165, 1.54) is 4.90 Å². The monoisotopic (exact) mass is 153 g/mol. The van der Waals surface area contributed by atoms with E-state index in [0.29, 0.717) is 12.4 Å². The predicted molar refractivity (Wildman–Crippen MR) is 43.3 cm³/mol. The molecule has 0 aromatic carbocycles. The van der Waals surface area contributed by atoms with E-state index < -0.39 is 0 Å². The molecule has 0 radical (unpaired) electrons. The third-order valence-corrected chi connectivity index (χ3v) is 1.69. The first-order chi connectivity index (χ1) is 5.15. The van der Waals surface area contributed by atoms with E-state index in [1.54, 1.807) is 13.1 Å². The minimum Gasteiger partial charge on any atom is -0.386 e. The molecule has 1 rings (SSSR count). The summed E-state index contributed by atoms with van der Waals surface area (Å²) in [6.45, 7) is 4.18. The number of carbonyl (C=O) groups excluding carboxylic acids is 1. The number of carbonyl (C=O) groups is 1. The molecule has 0 fully saturated rings. The van der Waals surface area contributed by atoms with Crippen molar-refractivity contribution in [3.8, 4) is 0 Å². The Hall–Kier alpha value is -1.32. The smallest absolute Gasteiger partial charge is 0.344 e. The van der Waals surface area contributed by atoms with Crippen LogP contribution in [0.1, 0.15) is 0 Å². The standard InChI is InChI=1S/C7H11N3O/c1-3-5-4-10(2)7(11)9-6(5)8/h3,5H,1,4H2,2H3,(H2,8,9,11). The molecule has 0 saturated heterocycles. The van der Waals surface area contributed by atoms with Crippen LogP contribution in [-0.2, 0) is 0 Å². The highest BCUT2D eigenvalue weighted by atomic mass is 16.2. The highest BCUT2D eigenvalue weighted by molar-refractivity contribution is 5.97. The predicted octanol–water partition coefficient (Wildman–Crippen LogP) is 0.211. The first kappa shape index (κ1) is 7.78. The van der Waals surface area contributed by atoms with Gasteiger partial charge in [0.25, 0.3) is 0 Å². The number of nitrogens with two attached hydrogens (primary N) is 1. The Balaban J connectivity index is 2.84. The van der Waals surface area contributed by atoms with E-state index in [4.69, 9.17) is 5.73 Å². The second-order valence-electron chi connectivity index (χ2n) is 2.54. The van der Waals surface area contributed by atoms with Gasteiger partial charge in [-0.15, -0.1) is 6.58 Å². The van der Waals surface area contributed by atoms with Gasteiger partial charge in [0.1, 0.15) is 5.84 Å². The molecule has 1 aliphatic heterocycles. The summed E-state index contributed by atoms with van der Waals surface area (Å²) in [6.07, 6.45) is 1.70. The zero-order chi connectivity index (χ0) is 8.43. The molecule has 1 aliphatic rings. The molecule has 0 aromatic rings. The lowest BCUT2D eigenvalue weighted by molar-refractivity contribution is 0.214. The largest absolute Gasteiger partial charge is 0.386 e. The van der Waals surface area contributed by atoms with Crippen molar-refractivity contribution in [3.63, 3.8) is 0 Å². The summed E-state index contributed by atoms with van der Waals surface area (Å²) in [6, 6.07) is -0.277. The topological polar surface area (TPSA) is 58.7 Å². The van der Waals surface area contributed by atoms with Gasteiger partial charge in [0.15, 0.2) is 0 Å². The fourth-order valence-electron chi connectivity index (χ4n) is 0.941. The van der Waals surface area contributed by atoms with Gasteiger partial charge in [0.05, 0.1) is 5.92 Å². The van der Waals surface area contributed by atoms with Crippen molar-refractivity contribution < 1.29 is 4.79 Å². The van der Waals surface area contributed by atoms with Crippen molar-refractivity contribution >= 4 is 11.9 Å². The van der Waals surface area contributed by atoms with Crippen molar-refractivity contribution in [2.24, 2.45) is 16.6 Å². The van der Waals surface area contributed by atoms with Gasteiger partial charge in [-0.1, -0.05) is 6.08 Å². The Bertz CT molecular complexity index is 222. The van der Waals surface area contributed by atoms with Crippen LogP contribution < -0.4 is 5.73 Å². The summed E-state index contributed by atoms with van der Waals surface area (Å²) in [4.78, 5) is 16.0. The maximum absolute atomic E-state index is 10.9. The number of hydrogen-bond donors (Lipinski definition) is 1. The van der Waals surface area contributed by atoms with Crippen LogP contribution in [0.25, 0.3) is 0 Å². The van der Waals surface area contributed by atoms with Crippen LogP contribution in [0, 0.1) is 5.92 Å². The SMILES string of the molecule is C=CC1CN(C)C(=O)N=C1N. The molecule has 1 atom stereocenters. The Morgan fingerprint density at radius 2 is 2.55 bits per heavy atom. The molecule has 11 heavy (non-hydrogen) atoms. The molecule has 0 bridgehead atoms. The highest BCUT2D eigenvalue weighted by Gasteiger charge is 2.21. The molecule has 60 valence electrons. The first-order valence-corrected chi connectivity index (χ1v) is 3.37. The van der Waals surface area contributed by atoms with Gasteiger partial charge >= 0.3 is 6.03 Å². The zero-order valence-electron chi connectivity index (χ0n) is 6.45. The van der Waals surface area contributed by atoms with E-state index in [2.05, 4.69) is 11.6 Å². The second kappa shape index (κ2) is 2.74. The summed E-state index contributed by atoms with van der Waals surface area (Å²) in [5.74, 6) is 0.376. The summed E-state index contributed by atoms with van der Waals surface area (Å²) in [5.41, 5.74) is 5.47. The fourth-order valence-corrected chi connectivity index (χ4v) is 0.941. The molecule has 1 unspecified atom stereocenters. The van der Waals surface area contributed by atoms with Gasteiger partial charge in [-0.25, -0.2) is 4.79 Å². The number of aliphatic imine (C=N–C) groups is 1. The molecular formula is C7H11N3O. The van der Waals surface area contributed by atoms with Crippen LogP contribution in [0.15, 0.2) is 17.6 Å². The maximum atomic E-state index is 10.9. The van der Waals surface area contributed by atoms with Gasteiger partial charge in [0, 0.05) is 13.6 Å². The molecule has 0 saturated carbocycles. The molecule has 4 nitrogen and oxygen atoms in total. The molecule has 2 amide bonds. The Labute approximate surface area is 65.4 Å². The van der Waals surface area contributed by atoms with Crippen LogP contribution in [-0.4, -0.2) is 30.4 Å². The van der Waals surface area contributed by atoms with Gasteiger partial charge in [-0.05, 0) is 0 Å². The average Bonchev–Trinajstić information content (AvgIpc) is 1.97. The molecule has 1 heterocycles. The summed E-state index contributed by atoms with van der Waals surface area (Å²) >= 11 is 0. The molecular weight excluding hydrogens is 142 g/mol. The van der Waals surface area contributed by atoms with Crippen LogP contribution in [0.5, 0.6) is 0 Å². The van der Waals surface area contributed by atoms with Gasteiger partial charge < -0.3 is 10.6 Å². The number of nitrogens with zero attached hydrogens (tertiary/aromatic N) is 2.